The van der Waals surface area contributed by atoms with Crippen LogP contribution in [0.5, 0.6) is 0 Å². The van der Waals surface area contributed by atoms with Crippen LogP contribution in [0.4, 0.5) is 10.5 Å². The van der Waals surface area contributed by atoms with Gasteiger partial charge in [0, 0.05) is 35.2 Å². The van der Waals surface area contributed by atoms with Crippen molar-refractivity contribution < 1.29 is 113 Å². The molecule has 0 bridgehead atoms. The smallest absolute Gasteiger partial charge is 0.545 e. The van der Waals surface area contributed by atoms with Gasteiger partial charge in [-0.25, -0.2) is 4.79 Å². The monoisotopic (exact) mass is 673 g/mol. The van der Waals surface area contributed by atoms with E-state index in [1.807, 2.05) is 0 Å². The molecule has 234 valence electrons. The molecule has 2 fully saturated rings. The Labute approximate surface area is 313 Å². The number of fused-ring (bicyclic) bond motifs is 1. The van der Waals surface area contributed by atoms with Crippen LogP contribution in [0.1, 0.15) is 44.0 Å². The van der Waals surface area contributed by atoms with Gasteiger partial charge in [0.2, 0.25) is 18.1 Å². The third kappa shape index (κ3) is 8.29. The molecule has 17 heteroatoms. The Bertz CT molecular complexity index is 1480. The minimum atomic E-state index is -1.57. The van der Waals surface area contributed by atoms with Crippen molar-refractivity contribution in [1.29, 1.82) is 0 Å². The molecule has 1 aromatic carbocycles. The summed E-state index contributed by atoms with van der Waals surface area (Å²) in [6, 6.07) is 3.54. The van der Waals surface area contributed by atoms with Gasteiger partial charge in [-0.15, -0.1) is 18.2 Å². The average Bonchev–Trinajstić information content (AvgIpc) is 3.46. The number of hydrogen-bond acceptors (Lipinski definition) is 12. The molecule has 3 aliphatic rings. The number of aromatic carboxylic acids is 1. The number of terminal acetylenes is 1. The number of amides is 3. The van der Waals surface area contributed by atoms with E-state index < -0.39 is 77.4 Å². The molecule has 0 spiro atoms. The minimum Gasteiger partial charge on any atom is -0.545 e. The Morgan fingerprint density at radius 3 is 2.41 bits per heavy atom. The van der Waals surface area contributed by atoms with Crippen molar-refractivity contribution in [1.82, 2.24) is 9.80 Å². The molecule has 2 N–H and O–H groups in total. The van der Waals surface area contributed by atoms with Gasteiger partial charge in [0.1, 0.15) is 12.5 Å². The summed E-state index contributed by atoms with van der Waals surface area (Å²) in [7, 11) is 0. The number of esters is 1. The summed E-state index contributed by atoms with van der Waals surface area (Å²) >= 11 is 1.07. The number of aliphatic hydroxyl groups is 1. The Morgan fingerprint density at radius 2 is 1.83 bits per heavy atom. The number of carboxylic acid groups (broad SMARTS) is 2. The summed E-state index contributed by atoms with van der Waals surface area (Å²) in [5.74, 6) is -4.24. The van der Waals surface area contributed by atoms with E-state index in [0.717, 1.165) is 21.6 Å². The molecule has 1 aromatic rings. The van der Waals surface area contributed by atoms with Crippen molar-refractivity contribution in [2.45, 2.75) is 63.3 Å². The van der Waals surface area contributed by atoms with E-state index in [9.17, 15) is 44.1 Å². The van der Waals surface area contributed by atoms with E-state index in [-0.39, 0.29) is 95.4 Å². The molecular formula is C29H29N3Na2O11S. The summed E-state index contributed by atoms with van der Waals surface area (Å²) in [5, 5.41) is 35.5. The number of anilines is 1. The molecule has 46 heavy (non-hydrogen) atoms. The van der Waals surface area contributed by atoms with Crippen LogP contribution in [-0.4, -0.2) is 87.0 Å². The number of benzene rings is 1. The van der Waals surface area contributed by atoms with Crippen LogP contribution in [0.3, 0.4) is 0 Å². The molecule has 3 heterocycles. The summed E-state index contributed by atoms with van der Waals surface area (Å²) in [5.41, 5.74) is -0.381. The van der Waals surface area contributed by atoms with E-state index in [0.29, 0.717) is 4.91 Å². The van der Waals surface area contributed by atoms with Gasteiger partial charge in [-0.3, -0.25) is 19.3 Å². The Hall–Kier alpha value is -2.55. The fourth-order valence-electron chi connectivity index (χ4n) is 5.68. The van der Waals surface area contributed by atoms with Gasteiger partial charge in [-0.05, 0) is 31.0 Å². The summed E-state index contributed by atoms with van der Waals surface area (Å²) < 4.78 is 10.2. The predicted molar refractivity (Wildman–Crippen MR) is 148 cm³/mol. The van der Waals surface area contributed by atoms with E-state index in [4.69, 9.17) is 15.9 Å². The third-order valence-electron chi connectivity index (χ3n) is 7.57. The van der Waals surface area contributed by atoms with Crippen LogP contribution >= 0.6 is 11.8 Å². The van der Waals surface area contributed by atoms with Crippen molar-refractivity contribution in [2.75, 3.05) is 11.9 Å². The molecule has 1 unspecified atom stereocenters. The van der Waals surface area contributed by atoms with Crippen molar-refractivity contribution >= 4 is 53.3 Å². The average molecular weight is 674 g/mol. The molecule has 14 nitrogen and oxygen atoms in total. The van der Waals surface area contributed by atoms with Crippen LogP contribution in [0.25, 0.3) is 0 Å². The fourth-order valence-corrected chi connectivity index (χ4v) is 7.20. The van der Waals surface area contributed by atoms with Gasteiger partial charge >= 0.3 is 71.2 Å². The zero-order chi connectivity index (χ0) is 32.5. The number of nitrogens with one attached hydrogen (secondary N) is 1. The normalized spacial score (nSPS) is 24.2. The van der Waals surface area contributed by atoms with Gasteiger partial charge in [0.25, 0.3) is 0 Å². The van der Waals surface area contributed by atoms with Gasteiger partial charge < -0.3 is 44.6 Å². The number of β-lactam (4-membered cyclic amide) rings is 1. The van der Waals surface area contributed by atoms with E-state index in [1.165, 1.54) is 38.1 Å². The number of carboxylic acids is 2. The number of aliphatic carboxylic acids is 1. The van der Waals surface area contributed by atoms with E-state index in [1.54, 1.807) is 6.92 Å². The van der Waals surface area contributed by atoms with E-state index in [2.05, 4.69) is 11.2 Å². The van der Waals surface area contributed by atoms with Crippen LogP contribution in [0.15, 0.2) is 34.9 Å². The topological polar surface area (TPSA) is 206 Å². The second kappa shape index (κ2) is 16.5. The number of aliphatic hydroxyl groups excluding tert-OH is 1. The first kappa shape index (κ1) is 39.6. The van der Waals surface area contributed by atoms with Crippen LogP contribution in [0.2, 0.25) is 0 Å². The van der Waals surface area contributed by atoms with Crippen molar-refractivity contribution in [2.24, 2.45) is 11.8 Å². The second-order valence-corrected chi connectivity index (χ2v) is 11.9. The molecule has 0 aliphatic carbocycles. The van der Waals surface area contributed by atoms with E-state index >= 15 is 0 Å². The zero-order valence-electron chi connectivity index (χ0n) is 25.9. The Kier molecular flexibility index (Phi) is 14.2. The van der Waals surface area contributed by atoms with Crippen molar-refractivity contribution in [3.63, 3.8) is 0 Å². The van der Waals surface area contributed by atoms with Crippen LogP contribution in [0, 0.1) is 24.2 Å². The van der Waals surface area contributed by atoms with Crippen molar-refractivity contribution in [3.05, 3.63) is 40.4 Å². The maximum Gasteiger partial charge on any atom is 1.00 e. The van der Waals surface area contributed by atoms with Gasteiger partial charge in [0.05, 0.1) is 35.7 Å². The molecule has 3 amide bonds. The summed E-state index contributed by atoms with van der Waals surface area (Å²) in [6.07, 6.45) is 1.37. The molecule has 0 radical (unpaired) electrons. The fraction of sp³-hybridized carbons (Fsp3) is 0.448. The number of ether oxygens (including phenoxy) is 2. The maximum absolute atomic E-state index is 13.4. The Morgan fingerprint density at radius 1 is 1.15 bits per heavy atom. The van der Waals surface area contributed by atoms with Crippen molar-refractivity contribution in [3.8, 4) is 12.3 Å². The summed E-state index contributed by atoms with van der Waals surface area (Å²) in [6.45, 7) is 4.35. The quantitative estimate of drug-likeness (QED) is 0.0782. The molecule has 0 saturated carbocycles. The number of nitrogens with zero attached hydrogens (tertiary/aromatic N) is 2. The molecule has 4 rings (SSSR count). The summed E-state index contributed by atoms with van der Waals surface area (Å²) in [4.78, 5) is 76.9. The second-order valence-electron chi connectivity index (χ2n) is 10.6. The molecule has 2 saturated heterocycles. The molecular weight excluding hydrogens is 644 g/mol. The van der Waals surface area contributed by atoms with Gasteiger partial charge in [0.15, 0.2) is 0 Å². The minimum absolute atomic E-state index is 0. The number of likely N-dealkylation sites (tertiary alicyclic amines) is 1. The number of rotatable bonds is 10. The largest absolute Gasteiger partial charge is 1.00 e. The standard InChI is InChI=1S/C29H31N3O11S.2Na/c1-5-7-20(34)42-15(4)43-29(41)31-12-18(11-19(31)25(35)30-17-9-6-8-16(10-17)27(37)38)44-24-13(2)22-21(14(3)33)26(36)32(22)23(24)28(39)40;;/h1,6,8-10,13-15,18-19,21-22,33H,7,11-12H2,2-4H3,(H,30,35)(H,37,38)(H,39,40);;/q;2*+1/p-2/t13-,14-,15?,18+,19+,21-,22+;;/m1../s1. The third-order valence-corrected chi connectivity index (χ3v) is 9.07. The number of carbonyl (C=O) groups is 6. The van der Waals surface area contributed by atoms with Crippen LogP contribution in [-0.2, 0) is 28.7 Å². The van der Waals surface area contributed by atoms with Gasteiger partial charge in [-0.1, -0.05) is 25.0 Å². The van der Waals surface area contributed by atoms with Gasteiger partial charge in [-0.2, -0.15) is 0 Å². The zero-order valence-corrected chi connectivity index (χ0v) is 30.7. The Balaban J connectivity index is 0.00000368. The maximum atomic E-state index is 13.4. The SMILES string of the molecule is C#CCC(=O)OC(C)OC(=O)N1C[C@@H](SC2=C(C(=O)[O-])N3C(=O)[C@H]([C@@H](C)O)[C@@H]3[C@H]2C)C[C@H]1C(=O)Nc1cccc(C(=O)[O-])c1.[Na+].[Na+]. The first-order valence-electron chi connectivity index (χ1n) is 13.6. The number of thioether (sulfide) groups is 1. The predicted octanol–water partition coefficient (Wildman–Crippen LogP) is -6.96. The first-order chi connectivity index (χ1) is 20.7. The molecule has 0 aromatic heterocycles. The number of carbonyl (C=O) groups excluding carboxylic acids is 6. The van der Waals surface area contributed by atoms with Crippen LogP contribution < -0.4 is 74.6 Å². The number of hydrogen-bond donors (Lipinski definition) is 2. The molecule has 7 atom stereocenters. The first-order valence-corrected chi connectivity index (χ1v) is 14.5. The molecule has 3 aliphatic heterocycles.